The summed E-state index contributed by atoms with van der Waals surface area (Å²) in [6, 6.07) is 0. The van der Waals surface area contributed by atoms with Crippen LogP contribution >= 0.6 is 0 Å². The third kappa shape index (κ3) is 6.71. The van der Waals surface area contributed by atoms with E-state index >= 15 is 0 Å². The normalized spacial score (nSPS) is 25.1. The molecule has 0 bridgehead atoms. The molecular formula is C14H22. The molecule has 0 spiro atoms. The van der Waals surface area contributed by atoms with Crippen molar-refractivity contribution in [1.82, 2.24) is 0 Å². The minimum Gasteiger partial charge on any atom is -0.0885 e. The van der Waals surface area contributed by atoms with E-state index in [0.717, 1.165) is 0 Å². The summed E-state index contributed by atoms with van der Waals surface area (Å²) >= 11 is 0. The van der Waals surface area contributed by atoms with Gasteiger partial charge in [0.1, 0.15) is 0 Å². The lowest BCUT2D eigenvalue weighted by molar-refractivity contribution is 0.832. The summed E-state index contributed by atoms with van der Waals surface area (Å²) in [7, 11) is 0. The molecule has 0 saturated heterocycles. The van der Waals surface area contributed by atoms with E-state index in [0.29, 0.717) is 0 Å². The van der Waals surface area contributed by atoms with Crippen LogP contribution in [0.4, 0.5) is 0 Å². The fourth-order valence-corrected chi connectivity index (χ4v) is 1.61. The van der Waals surface area contributed by atoms with E-state index in [9.17, 15) is 0 Å². The monoisotopic (exact) mass is 190 g/mol. The van der Waals surface area contributed by atoms with Gasteiger partial charge in [-0.15, -0.1) is 0 Å². The van der Waals surface area contributed by atoms with Gasteiger partial charge < -0.3 is 0 Å². The van der Waals surface area contributed by atoms with Crippen LogP contribution in [0.1, 0.15) is 51.4 Å². The maximum Gasteiger partial charge on any atom is -0.0316 e. The molecule has 0 radical (unpaired) electrons. The number of rotatable bonds is 0. The zero-order chi connectivity index (χ0) is 9.90. The van der Waals surface area contributed by atoms with Gasteiger partial charge in [0.2, 0.25) is 0 Å². The van der Waals surface area contributed by atoms with Crippen molar-refractivity contribution in [3.8, 4) is 0 Å². The molecule has 0 aliphatic heterocycles. The van der Waals surface area contributed by atoms with E-state index in [1.165, 1.54) is 51.4 Å². The molecule has 14 heavy (non-hydrogen) atoms. The Hall–Kier alpha value is -0.780. The number of hydrogen-bond donors (Lipinski definition) is 0. The van der Waals surface area contributed by atoms with Gasteiger partial charge in [-0.05, 0) is 51.4 Å². The van der Waals surface area contributed by atoms with Gasteiger partial charge in [0, 0.05) is 0 Å². The highest BCUT2D eigenvalue weighted by atomic mass is 13.9. The molecule has 0 amide bonds. The van der Waals surface area contributed by atoms with Crippen LogP contribution in [-0.4, -0.2) is 0 Å². The Morgan fingerprint density at radius 3 is 1.00 bits per heavy atom. The summed E-state index contributed by atoms with van der Waals surface area (Å²) in [5, 5.41) is 0. The lowest BCUT2D eigenvalue weighted by atomic mass is 10.1. The molecule has 0 heteroatoms. The highest BCUT2D eigenvalue weighted by Gasteiger charge is 1.84. The van der Waals surface area contributed by atoms with E-state index in [-0.39, 0.29) is 0 Å². The molecular weight excluding hydrogens is 168 g/mol. The van der Waals surface area contributed by atoms with Gasteiger partial charge in [-0.25, -0.2) is 0 Å². The van der Waals surface area contributed by atoms with Crippen molar-refractivity contribution in [2.45, 2.75) is 51.4 Å². The molecule has 0 unspecified atom stereocenters. The van der Waals surface area contributed by atoms with Gasteiger partial charge in [0.15, 0.2) is 0 Å². The Balaban J connectivity index is 2.25. The molecule has 0 atom stereocenters. The minimum absolute atomic E-state index is 1.21. The van der Waals surface area contributed by atoms with E-state index in [1.807, 2.05) is 0 Å². The maximum atomic E-state index is 2.34. The van der Waals surface area contributed by atoms with Gasteiger partial charge in [-0.2, -0.15) is 0 Å². The molecule has 78 valence electrons. The first kappa shape index (κ1) is 11.3. The standard InChI is InChI=1S/C14H22/c1-2-4-6-8-10-12-14-13-11-9-7-5-3-1/h1-2,7,9-10,12H,3-6,8,11,13-14H2/b2-1+,9-7+,12-10?. The van der Waals surface area contributed by atoms with Crippen molar-refractivity contribution in [1.29, 1.82) is 0 Å². The molecule has 1 aliphatic carbocycles. The second-order valence-electron chi connectivity index (χ2n) is 3.85. The molecule has 1 aliphatic rings. The average Bonchev–Trinajstić information content (AvgIpc) is 2.22. The highest BCUT2D eigenvalue weighted by molar-refractivity contribution is 4.90. The van der Waals surface area contributed by atoms with Crippen LogP contribution < -0.4 is 0 Å². The molecule has 1 rings (SSSR count). The predicted octanol–water partition coefficient (Wildman–Crippen LogP) is 4.79. The molecule has 0 nitrogen and oxygen atoms in total. The van der Waals surface area contributed by atoms with Crippen molar-refractivity contribution in [2.75, 3.05) is 0 Å². The second-order valence-corrected chi connectivity index (χ2v) is 3.85. The van der Waals surface area contributed by atoms with Gasteiger partial charge in [0.05, 0.1) is 0 Å². The summed E-state index contributed by atoms with van der Waals surface area (Å²) < 4.78 is 0. The van der Waals surface area contributed by atoms with Crippen molar-refractivity contribution < 1.29 is 0 Å². The van der Waals surface area contributed by atoms with Crippen molar-refractivity contribution in [3.05, 3.63) is 36.5 Å². The Morgan fingerprint density at radius 2 is 0.643 bits per heavy atom. The van der Waals surface area contributed by atoms with E-state index in [1.54, 1.807) is 0 Å². The van der Waals surface area contributed by atoms with Gasteiger partial charge >= 0.3 is 0 Å². The van der Waals surface area contributed by atoms with Gasteiger partial charge in [0.25, 0.3) is 0 Å². The fourth-order valence-electron chi connectivity index (χ4n) is 1.61. The Bertz CT molecular complexity index is 174. The molecule has 0 heterocycles. The maximum absolute atomic E-state index is 2.34. The summed E-state index contributed by atoms with van der Waals surface area (Å²) in [5.41, 5.74) is 0. The summed E-state index contributed by atoms with van der Waals surface area (Å²) in [4.78, 5) is 0. The van der Waals surface area contributed by atoms with Crippen molar-refractivity contribution >= 4 is 0 Å². The largest absolute Gasteiger partial charge is 0.0885 e. The number of hydrogen-bond acceptors (Lipinski definition) is 0. The SMILES string of the molecule is C1=CCCC/C=C/CC/C=C/CCC1. The van der Waals surface area contributed by atoms with Crippen LogP contribution in [-0.2, 0) is 0 Å². The molecule has 0 aromatic rings. The second kappa shape index (κ2) is 8.80. The molecule has 0 aromatic carbocycles. The van der Waals surface area contributed by atoms with Crippen molar-refractivity contribution in [3.63, 3.8) is 0 Å². The van der Waals surface area contributed by atoms with E-state index in [4.69, 9.17) is 0 Å². The third-order valence-electron chi connectivity index (χ3n) is 2.48. The topological polar surface area (TPSA) is 0 Å². The van der Waals surface area contributed by atoms with Crippen LogP contribution in [0.3, 0.4) is 0 Å². The highest BCUT2D eigenvalue weighted by Crippen LogP contribution is 2.05. The minimum atomic E-state index is 1.21. The zero-order valence-corrected chi connectivity index (χ0v) is 9.12. The molecule has 0 aromatic heterocycles. The predicted molar refractivity (Wildman–Crippen MR) is 64.4 cm³/mol. The lowest BCUT2D eigenvalue weighted by Crippen LogP contribution is -1.74. The van der Waals surface area contributed by atoms with Crippen LogP contribution in [0.2, 0.25) is 0 Å². The zero-order valence-electron chi connectivity index (χ0n) is 9.12. The van der Waals surface area contributed by atoms with Gasteiger partial charge in [-0.1, -0.05) is 36.5 Å². The quantitative estimate of drug-likeness (QED) is 0.482. The molecule has 0 saturated carbocycles. The van der Waals surface area contributed by atoms with Crippen LogP contribution in [0, 0.1) is 0 Å². The Kier molecular flexibility index (Phi) is 7.10. The lowest BCUT2D eigenvalue weighted by Gasteiger charge is -1.94. The summed E-state index contributed by atoms with van der Waals surface area (Å²) in [5.74, 6) is 0. The van der Waals surface area contributed by atoms with E-state index < -0.39 is 0 Å². The first-order valence-corrected chi connectivity index (χ1v) is 5.95. The molecule has 0 N–H and O–H groups in total. The van der Waals surface area contributed by atoms with Crippen LogP contribution in [0.5, 0.6) is 0 Å². The number of allylic oxidation sites excluding steroid dienone is 6. The van der Waals surface area contributed by atoms with Gasteiger partial charge in [-0.3, -0.25) is 0 Å². The average molecular weight is 190 g/mol. The summed E-state index contributed by atoms with van der Waals surface area (Å²) in [6.45, 7) is 0. The van der Waals surface area contributed by atoms with Crippen molar-refractivity contribution in [2.24, 2.45) is 0 Å². The molecule has 0 fully saturated rings. The van der Waals surface area contributed by atoms with Crippen LogP contribution in [0.15, 0.2) is 36.5 Å². The first-order chi connectivity index (χ1) is 7.00. The smallest absolute Gasteiger partial charge is 0.0316 e. The Labute approximate surface area is 88.4 Å². The fraction of sp³-hybridized carbons (Fsp3) is 0.571. The Morgan fingerprint density at radius 1 is 0.357 bits per heavy atom. The van der Waals surface area contributed by atoms with Crippen LogP contribution in [0.25, 0.3) is 0 Å². The first-order valence-electron chi connectivity index (χ1n) is 5.95. The third-order valence-corrected chi connectivity index (χ3v) is 2.48. The van der Waals surface area contributed by atoms with E-state index in [2.05, 4.69) is 36.5 Å². The summed E-state index contributed by atoms with van der Waals surface area (Å²) in [6.07, 6.45) is 24.0.